The lowest BCUT2D eigenvalue weighted by atomic mass is 9.85. The van der Waals surface area contributed by atoms with Gasteiger partial charge in [-0.1, -0.05) is 6.07 Å². The zero-order chi connectivity index (χ0) is 27.9. The number of piperazine rings is 1. The van der Waals surface area contributed by atoms with Crippen LogP contribution in [0.1, 0.15) is 25.7 Å². The summed E-state index contributed by atoms with van der Waals surface area (Å²) < 4.78 is 83.6. The predicted molar refractivity (Wildman–Crippen MR) is 139 cm³/mol. The SMILES string of the molecule is Cn1c(-c2ccc(F)cc2)cc2ccc(S(=O)(=O)NC3CCC(C(=O)N4CCNC(C(F)(F)F)C4)CC3)cc21. The van der Waals surface area contributed by atoms with E-state index in [0.29, 0.717) is 31.2 Å². The second kappa shape index (κ2) is 10.5. The Hall–Kier alpha value is -2.96. The molecule has 5 rings (SSSR count). The van der Waals surface area contributed by atoms with Crippen LogP contribution in [0.15, 0.2) is 53.4 Å². The molecule has 210 valence electrons. The van der Waals surface area contributed by atoms with Crippen LogP contribution < -0.4 is 10.0 Å². The van der Waals surface area contributed by atoms with Crippen molar-refractivity contribution in [3.8, 4) is 11.3 Å². The summed E-state index contributed by atoms with van der Waals surface area (Å²) in [5.41, 5.74) is 2.33. The maximum absolute atomic E-state index is 13.3. The molecule has 1 aromatic heterocycles. The van der Waals surface area contributed by atoms with Crippen LogP contribution in [0.25, 0.3) is 22.2 Å². The van der Waals surface area contributed by atoms with Crippen molar-refractivity contribution >= 4 is 26.8 Å². The monoisotopic (exact) mass is 566 g/mol. The molecule has 1 saturated heterocycles. The molecule has 2 fully saturated rings. The zero-order valence-corrected chi connectivity index (χ0v) is 22.2. The molecule has 1 atom stereocenters. The summed E-state index contributed by atoms with van der Waals surface area (Å²) in [7, 11) is -2.03. The first-order chi connectivity index (χ1) is 18.4. The van der Waals surface area contributed by atoms with E-state index in [1.165, 1.54) is 23.1 Å². The molecule has 2 aliphatic rings. The first kappa shape index (κ1) is 27.6. The lowest BCUT2D eigenvalue weighted by Crippen LogP contribution is -2.59. The highest BCUT2D eigenvalue weighted by Crippen LogP contribution is 2.31. The smallest absolute Gasteiger partial charge is 0.344 e. The maximum atomic E-state index is 13.3. The minimum absolute atomic E-state index is 0.0853. The van der Waals surface area contributed by atoms with Crippen LogP contribution in [0.2, 0.25) is 0 Å². The van der Waals surface area contributed by atoms with Gasteiger partial charge in [0.05, 0.1) is 4.90 Å². The molecule has 1 unspecified atom stereocenters. The van der Waals surface area contributed by atoms with Crippen molar-refractivity contribution in [2.24, 2.45) is 13.0 Å². The number of benzene rings is 2. The summed E-state index contributed by atoms with van der Waals surface area (Å²) in [6.07, 6.45) is -2.76. The Bertz CT molecular complexity index is 1460. The third-order valence-corrected chi connectivity index (χ3v) is 9.27. The number of alkyl halides is 3. The van der Waals surface area contributed by atoms with Gasteiger partial charge in [-0.3, -0.25) is 4.79 Å². The fourth-order valence-corrected chi connectivity index (χ4v) is 6.87. The molecule has 12 heteroatoms. The van der Waals surface area contributed by atoms with E-state index in [2.05, 4.69) is 10.0 Å². The maximum Gasteiger partial charge on any atom is 0.405 e. The number of aryl methyl sites for hydroxylation is 1. The van der Waals surface area contributed by atoms with E-state index in [-0.39, 0.29) is 35.8 Å². The predicted octanol–water partition coefficient (Wildman–Crippen LogP) is 4.18. The van der Waals surface area contributed by atoms with Gasteiger partial charge in [0.25, 0.3) is 0 Å². The number of rotatable bonds is 5. The lowest BCUT2D eigenvalue weighted by molar-refractivity contribution is -0.169. The molecule has 0 spiro atoms. The van der Waals surface area contributed by atoms with Gasteiger partial charge in [-0.25, -0.2) is 17.5 Å². The van der Waals surface area contributed by atoms with Crippen LogP contribution in [0.3, 0.4) is 0 Å². The summed E-state index contributed by atoms with van der Waals surface area (Å²) in [6.45, 7) is -0.0934. The number of fused-ring (bicyclic) bond motifs is 1. The third-order valence-electron chi connectivity index (χ3n) is 7.75. The van der Waals surface area contributed by atoms with Gasteiger partial charge >= 0.3 is 6.18 Å². The van der Waals surface area contributed by atoms with Gasteiger partial charge in [-0.05, 0) is 73.7 Å². The molecule has 2 N–H and O–H groups in total. The standard InChI is InChI=1S/C27H30F4N4O3S/c1-34-23(17-2-7-20(28)8-3-17)14-19-6-11-22(15-24(19)34)39(37,38)33-21-9-4-18(5-10-21)26(36)35-13-12-32-25(16-35)27(29,30)31/h2-3,6-8,11,14-15,18,21,25,32-33H,4-5,9-10,12-13,16H2,1H3. The molecule has 1 amide bonds. The molecule has 1 saturated carbocycles. The Morgan fingerprint density at radius 1 is 1.03 bits per heavy atom. The average molecular weight is 567 g/mol. The summed E-state index contributed by atoms with van der Waals surface area (Å²) in [5.74, 6) is -1.05. The van der Waals surface area contributed by atoms with E-state index < -0.39 is 34.7 Å². The molecule has 2 heterocycles. The fraction of sp³-hybridized carbons (Fsp3) is 0.444. The molecule has 0 radical (unpaired) electrons. The van der Waals surface area contributed by atoms with Crippen molar-refractivity contribution in [3.05, 3.63) is 54.3 Å². The number of amides is 1. The minimum atomic E-state index is -4.42. The Balaban J connectivity index is 1.23. The van der Waals surface area contributed by atoms with E-state index in [1.807, 2.05) is 17.7 Å². The molecule has 39 heavy (non-hydrogen) atoms. The summed E-state index contributed by atoms with van der Waals surface area (Å²) in [4.78, 5) is 14.3. The van der Waals surface area contributed by atoms with Crippen LogP contribution in [0.5, 0.6) is 0 Å². The lowest BCUT2D eigenvalue weighted by Gasteiger charge is -2.38. The Morgan fingerprint density at radius 2 is 1.72 bits per heavy atom. The third kappa shape index (κ3) is 5.82. The molecule has 7 nitrogen and oxygen atoms in total. The molecule has 1 aliphatic carbocycles. The van der Waals surface area contributed by atoms with Gasteiger partial charge in [-0.15, -0.1) is 0 Å². The van der Waals surface area contributed by atoms with Crippen LogP contribution in [-0.2, 0) is 21.9 Å². The quantitative estimate of drug-likeness (QED) is 0.454. The number of nitrogens with one attached hydrogen (secondary N) is 2. The highest BCUT2D eigenvalue weighted by Gasteiger charge is 2.43. The van der Waals surface area contributed by atoms with Gasteiger partial charge in [0.2, 0.25) is 15.9 Å². The Morgan fingerprint density at radius 3 is 2.38 bits per heavy atom. The average Bonchev–Trinajstić information content (AvgIpc) is 3.24. The summed E-state index contributed by atoms with van der Waals surface area (Å²) in [5, 5.41) is 3.25. The van der Waals surface area contributed by atoms with Crippen molar-refractivity contribution in [1.82, 2.24) is 19.5 Å². The second-order valence-electron chi connectivity index (χ2n) is 10.3. The first-order valence-corrected chi connectivity index (χ1v) is 14.4. The molecule has 2 aromatic carbocycles. The number of sulfonamides is 1. The highest BCUT2D eigenvalue weighted by molar-refractivity contribution is 7.89. The van der Waals surface area contributed by atoms with E-state index in [9.17, 15) is 30.8 Å². The number of nitrogens with zero attached hydrogens (tertiary/aromatic N) is 2. The van der Waals surface area contributed by atoms with Gasteiger partial charge in [0.15, 0.2) is 0 Å². The van der Waals surface area contributed by atoms with Crippen LogP contribution in [-0.4, -0.2) is 61.7 Å². The number of carbonyl (C=O) groups is 1. The van der Waals surface area contributed by atoms with Gasteiger partial charge < -0.3 is 14.8 Å². The van der Waals surface area contributed by atoms with Gasteiger partial charge in [0, 0.05) is 55.2 Å². The minimum Gasteiger partial charge on any atom is -0.344 e. The van der Waals surface area contributed by atoms with Crippen molar-refractivity contribution < 1.29 is 30.8 Å². The van der Waals surface area contributed by atoms with Crippen molar-refractivity contribution in [2.75, 3.05) is 19.6 Å². The molecular weight excluding hydrogens is 536 g/mol. The number of hydrogen-bond acceptors (Lipinski definition) is 4. The molecular formula is C27H30F4N4O3S. The Kier molecular flexibility index (Phi) is 7.47. The van der Waals surface area contributed by atoms with E-state index in [4.69, 9.17) is 0 Å². The van der Waals surface area contributed by atoms with Crippen LogP contribution >= 0.6 is 0 Å². The van der Waals surface area contributed by atoms with Gasteiger partial charge in [-0.2, -0.15) is 13.2 Å². The summed E-state index contributed by atoms with van der Waals surface area (Å²) in [6, 6.07) is 10.8. The summed E-state index contributed by atoms with van der Waals surface area (Å²) >= 11 is 0. The van der Waals surface area contributed by atoms with Crippen molar-refractivity contribution in [2.45, 2.75) is 48.8 Å². The number of aromatic nitrogens is 1. The topological polar surface area (TPSA) is 83.4 Å². The van der Waals surface area contributed by atoms with E-state index in [0.717, 1.165) is 16.6 Å². The van der Waals surface area contributed by atoms with Crippen LogP contribution in [0.4, 0.5) is 17.6 Å². The number of carbonyl (C=O) groups excluding carboxylic acids is 1. The van der Waals surface area contributed by atoms with E-state index >= 15 is 0 Å². The van der Waals surface area contributed by atoms with Gasteiger partial charge in [0.1, 0.15) is 11.9 Å². The Labute approximate surface area is 224 Å². The number of halogens is 4. The molecule has 0 bridgehead atoms. The molecule has 3 aromatic rings. The van der Waals surface area contributed by atoms with Crippen molar-refractivity contribution in [1.29, 1.82) is 0 Å². The van der Waals surface area contributed by atoms with Crippen LogP contribution in [0, 0.1) is 11.7 Å². The fourth-order valence-electron chi connectivity index (χ4n) is 5.55. The highest BCUT2D eigenvalue weighted by atomic mass is 32.2. The molecule has 1 aliphatic heterocycles. The van der Waals surface area contributed by atoms with Crippen molar-refractivity contribution in [3.63, 3.8) is 0 Å². The first-order valence-electron chi connectivity index (χ1n) is 12.9. The number of hydrogen-bond donors (Lipinski definition) is 2. The normalized spacial score (nSPS) is 22.8. The second-order valence-corrected chi connectivity index (χ2v) is 12.0. The zero-order valence-electron chi connectivity index (χ0n) is 21.3. The largest absolute Gasteiger partial charge is 0.405 e. The van der Waals surface area contributed by atoms with E-state index in [1.54, 1.807) is 24.3 Å².